The number of benzene rings is 3. The van der Waals surface area contributed by atoms with E-state index in [1.54, 1.807) is 18.2 Å². The zero-order valence-electron chi connectivity index (χ0n) is 19.1. The van der Waals surface area contributed by atoms with Crippen LogP contribution < -0.4 is 4.31 Å². The lowest BCUT2D eigenvalue weighted by Gasteiger charge is -2.20. The van der Waals surface area contributed by atoms with E-state index in [0.29, 0.717) is 17.7 Å². The van der Waals surface area contributed by atoms with Crippen molar-refractivity contribution in [3.8, 4) is 0 Å². The van der Waals surface area contributed by atoms with Gasteiger partial charge in [0.1, 0.15) is 4.90 Å². The molecule has 34 heavy (non-hydrogen) atoms. The molecule has 1 aliphatic heterocycles. The number of hydrogen-bond donors (Lipinski definition) is 0. The highest BCUT2D eigenvalue weighted by atomic mass is 35.5. The van der Waals surface area contributed by atoms with E-state index in [4.69, 9.17) is 16.3 Å². The van der Waals surface area contributed by atoms with E-state index >= 15 is 0 Å². The van der Waals surface area contributed by atoms with Crippen LogP contribution in [0.3, 0.4) is 0 Å². The number of ether oxygens (including phenoxy) is 1. The molecule has 1 aliphatic rings. The van der Waals surface area contributed by atoms with E-state index < -0.39 is 22.6 Å². The van der Waals surface area contributed by atoms with E-state index in [1.165, 1.54) is 22.5 Å². The lowest BCUT2D eigenvalue weighted by Crippen LogP contribution is -2.29. The molecule has 4 rings (SSSR count). The van der Waals surface area contributed by atoms with Crippen LogP contribution in [0.1, 0.15) is 43.0 Å². The third-order valence-corrected chi connectivity index (χ3v) is 8.35. The van der Waals surface area contributed by atoms with Gasteiger partial charge in [0.15, 0.2) is 6.61 Å². The first-order chi connectivity index (χ1) is 16.1. The van der Waals surface area contributed by atoms with Gasteiger partial charge in [0.05, 0.1) is 16.3 Å². The SMILES string of the molecule is Cc1cc(C)c(C(=O)COC(=O)c2ccc(Cl)c(S(=O)(=O)N3CCc4ccccc43)c2)cc1C. The number of fused-ring (bicyclic) bond motifs is 1. The summed E-state index contributed by atoms with van der Waals surface area (Å²) in [5.74, 6) is -1.13. The lowest BCUT2D eigenvalue weighted by molar-refractivity contribution is 0.0474. The Labute approximate surface area is 204 Å². The van der Waals surface area contributed by atoms with Crippen molar-refractivity contribution in [3.05, 3.63) is 93.0 Å². The maximum absolute atomic E-state index is 13.4. The second-order valence-corrected chi connectivity index (χ2v) is 10.6. The van der Waals surface area contributed by atoms with E-state index in [9.17, 15) is 18.0 Å². The molecule has 6 nitrogen and oxygen atoms in total. The van der Waals surface area contributed by atoms with Gasteiger partial charge >= 0.3 is 5.97 Å². The molecule has 0 radical (unpaired) electrons. The molecular formula is C26H24ClNO5S. The molecule has 0 unspecified atom stereocenters. The van der Waals surface area contributed by atoms with Gasteiger partial charge < -0.3 is 4.74 Å². The Bertz CT molecular complexity index is 1410. The van der Waals surface area contributed by atoms with E-state index in [-0.39, 0.29) is 27.8 Å². The van der Waals surface area contributed by atoms with Crippen molar-refractivity contribution in [2.75, 3.05) is 17.5 Å². The van der Waals surface area contributed by atoms with Crippen LogP contribution in [0.4, 0.5) is 5.69 Å². The fraction of sp³-hybridized carbons (Fsp3) is 0.231. The first kappa shape index (κ1) is 24.0. The maximum Gasteiger partial charge on any atom is 0.338 e. The van der Waals surface area contributed by atoms with Crippen molar-refractivity contribution in [1.29, 1.82) is 0 Å². The molecule has 0 saturated heterocycles. The fourth-order valence-corrected chi connectivity index (χ4v) is 6.06. The van der Waals surface area contributed by atoms with Gasteiger partial charge in [0.2, 0.25) is 5.78 Å². The summed E-state index contributed by atoms with van der Waals surface area (Å²) in [5.41, 5.74) is 4.86. The standard InChI is InChI=1S/C26H24ClNO5S/c1-16-12-18(3)21(13-17(16)2)24(29)15-33-26(30)20-8-9-22(27)25(14-20)34(31,32)28-11-10-19-6-4-5-7-23(19)28/h4-9,12-14H,10-11,15H2,1-3H3. The number of sulfonamides is 1. The smallest absolute Gasteiger partial charge is 0.338 e. The largest absolute Gasteiger partial charge is 0.454 e. The molecule has 176 valence electrons. The van der Waals surface area contributed by atoms with Crippen LogP contribution in [-0.2, 0) is 21.2 Å². The molecule has 3 aromatic carbocycles. The van der Waals surface area contributed by atoms with Gasteiger partial charge in [-0.25, -0.2) is 13.2 Å². The van der Waals surface area contributed by atoms with Crippen molar-refractivity contribution < 1.29 is 22.7 Å². The van der Waals surface area contributed by atoms with Gasteiger partial charge in [-0.05, 0) is 79.8 Å². The van der Waals surface area contributed by atoms with Crippen molar-refractivity contribution >= 4 is 39.1 Å². The van der Waals surface area contributed by atoms with Crippen molar-refractivity contribution in [1.82, 2.24) is 0 Å². The molecule has 0 aromatic heterocycles. The summed E-state index contributed by atoms with van der Waals surface area (Å²) in [6.07, 6.45) is 0.592. The van der Waals surface area contributed by atoms with Gasteiger partial charge in [-0.2, -0.15) is 0 Å². The Morgan fingerprint density at radius 2 is 1.68 bits per heavy atom. The number of aryl methyl sites for hydroxylation is 3. The molecule has 1 heterocycles. The number of anilines is 1. The van der Waals surface area contributed by atoms with Gasteiger partial charge in [-0.3, -0.25) is 9.10 Å². The number of nitrogens with zero attached hydrogens (tertiary/aromatic N) is 1. The van der Waals surface area contributed by atoms with Crippen molar-refractivity contribution in [2.45, 2.75) is 32.1 Å². The van der Waals surface area contributed by atoms with Gasteiger partial charge in [0.25, 0.3) is 10.0 Å². The fourth-order valence-electron chi connectivity index (χ4n) is 4.06. The van der Waals surface area contributed by atoms with Gasteiger partial charge in [-0.15, -0.1) is 0 Å². The minimum absolute atomic E-state index is 0.0000608. The summed E-state index contributed by atoms with van der Waals surface area (Å²) in [5, 5.41) is 0.00256. The molecule has 0 fully saturated rings. The predicted molar refractivity (Wildman–Crippen MR) is 131 cm³/mol. The predicted octanol–water partition coefficient (Wildman–Crippen LogP) is 5.06. The molecule has 0 bridgehead atoms. The van der Waals surface area contributed by atoms with Crippen LogP contribution in [-0.4, -0.2) is 33.3 Å². The monoisotopic (exact) mass is 497 g/mol. The number of Topliss-reactive ketones (excluding diaryl/α,β-unsaturated/α-hetero) is 1. The number of halogens is 1. The second kappa shape index (κ2) is 9.24. The number of ketones is 1. The Balaban J connectivity index is 1.55. The first-order valence-electron chi connectivity index (χ1n) is 10.8. The van der Waals surface area contributed by atoms with Crippen molar-refractivity contribution in [2.24, 2.45) is 0 Å². The molecule has 0 atom stereocenters. The average Bonchev–Trinajstić information content (AvgIpc) is 3.25. The number of esters is 1. The van der Waals surface area contributed by atoms with Crippen LogP contribution in [0.15, 0.2) is 59.5 Å². The molecule has 0 saturated carbocycles. The van der Waals surface area contributed by atoms with Crippen LogP contribution in [0.5, 0.6) is 0 Å². The summed E-state index contributed by atoms with van der Waals surface area (Å²) in [7, 11) is -4.00. The Hall–Kier alpha value is -3.16. The maximum atomic E-state index is 13.4. The topological polar surface area (TPSA) is 80.8 Å². The highest BCUT2D eigenvalue weighted by molar-refractivity contribution is 7.93. The van der Waals surface area contributed by atoms with Gasteiger partial charge in [-0.1, -0.05) is 35.9 Å². The molecule has 0 spiro atoms. The zero-order chi connectivity index (χ0) is 24.6. The Kier molecular flexibility index (Phi) is 6.51. The number of carbonyl (C=O) groups excluding carboxylic acids is 2. The first-order valence-corrected chi connectivity index (χ1v) is 12.6. The molecule has 3 aromatic rings. The van der Waals surface area contributed by atoms with Crippen molar-refractivity contribution in [3.63, 3.8) is 0 Å². The van der Waals surface area contributed by atoms with Crippen LogP contribution in [0.25, 0.3) is 0 Å². The molecule has 0 amide bonds. The normalized spacial score (nSPS) is 13.0. The highest BCUT2D eigenvalue weighted by Crippen LogP contribution is 2.35. The lowest BCUT2D eigenvalue weighted by atomic mass is 9.98. The summed E-state index contributed by atoms with van der Waals surface area (Å²) >= 11 is 6.23. The Morgan fingerprint density at radius 3 is 2.44 bits per heavy atom. The van der Waals surface area contributed by atoms with Gasteiger partial charge in [0, 0.05) is 12.1 Å². The molecule has 0 N–H and O–H groups in total. The summed E-state index contributed by atoms with van der Waals surface area (Å²) < 4.78 is 33.3. The summed E-state index contributed by atoms with van der Waals surface area (Å²) in [6.45, 7) is 5.53. The van der Waals surface area contributed by atoms with E-state index in [2.05, 4.69) is 0 Å². The third kappa shape index (κ3) is 4.45. The summed E-state index contributed by atoms with van der Waals surface area (Å²) in [6, 6.07) is 14.9. The molecular weight excluding hydrogens is 474 g/mol. The minimum Gasteiger partial charge on any atom is -0.454 e. The molecule has 8 heteroatoms. The zero-order valence-corrected chi connectivity index (χ0v) is 20.7. The quantitative estimate of drug-likeness (QED) is 0.351. The number of carbonyl (C=O) groups is 2. The third-order valence-electron chi connectivity index (χ3n) is 6.05. The molecule has 0 aliphatic carbocycles. The van der Waals surface area contributed by atoms with E-state index in [1.807, 2.05) is 39.0 Å². The minimum atomic E-state index is -4.00. The van der Waals surface area contributed by atoms with Crippen LogP contribution in [0, 0.1) is 20.8 Å². The highest BCUT2D eigenvalue weighted by Gasteiger charge is 2.32. The number of rotatable bonds is 6. The average molecular weight is 498 g/mol. The number of hydrogen-bond acceptors (Lipinski definition) is 5. The van der Waals surface area contributed by atoms with Crippen LogP contribution in [0.2, 0.25) is 5.02 Å². The Morgan fingerprint density at radius 1 is 0.971 bits per heavy atom. The van der Waals surface area contributed by atoms with Crippen LogP contribution >= 0.6 is 11.6 Å². The number of para-hydroxylation sites is 1. The summed E-state index contributed by atoms with van der Waals surface area (Å²) in [4.78, 5) is 25.1. The second-order valence-electron chi connectivity index (χ2n) is 8.35. The van der Waals surface area contributed by atoms with E-state index in [0.717, 1.165) is 22.3 Å².